The van der Waals surface area contributed by atoms with E-state index in [2.05, 4.69) is 31.6 Å². The highest BCUT2D eigenvalue weighted by atomic mass is 79.9. The van der Waals surface area contributed by atoms with Crippen LogP contribution in [0.25, 0.3) is 0 Å². The van der Waals surface area contributed by atoms with Gasteiger partial charge in [0.05, 0.1) is 17.8 Å². The maximum atomic E-state index is 13.0. The zero-order valence-electron chi connectivity index (χ0n) is 19.6. The van der Waals surface area contributed by atoms with Crippen LogP contribution in [0.2, 0.25) is 0 Å². The maximum Gasteiger partial charge on any atom is 0.410 e. The lowest BCUT2D eigenvalue weighted by molar-refractivity contribution is 0.0242. The minimum absolute atomic E-state index is 0.265. The van der Waals surface area contributed by atoms with Crippen LogP contribution >= 0.6 is 15.9 Å². The summed E-state index contributed by atoms with van der Waals surface area (Å²) in [6.45, 7) is 12.6. The molecule has 2 heterocycles. The molecule has 8 nitrogen and oxygen atoms in total. The highest BCUT2D eigenvalue weighted by Gasteiger charge is 2.28. The molecule has 1 aliphatic rings. The summed E-state index contributed by atoms with van der Waals surface area (Å²) < 4.78 is 8.21. The first kappa shape index (κ1) is 24.2. The number of carbonyl (C=O) groups excluding carboxylic acids is 2. The predicted molar refractivity (Wildman–Crippen MR) is 125 cm³/mol. The molecule has 0 radical (unpaired) electrons. The van der Waals surface area contributed by atoms with Gasteiger partial charge in [0.15, 0.2) is 5.69 Å². The number of benzene rings is 1. The number of fused-ring (bicyclic) bond motifs is 1. The summed E-state index contributed by atoms with van der Waals surface area (Å²) in [4.78, 5) is 27.4. The molecule has 2 amide bonds. The van der Waals surface area contributed by atoms with E-state index in [4.69, 9.17) is 4.74 Å². The molecule has 0 fully saturated rings. The van der Waals surface area contributed by atoms with Crippen molar-refractivity contribution in [2.24, 2.45) is 0 Å². The van der Waals surface area contributed by atoms with Gasteiger partial charge in [0, 0.05) is 17.6 Å². The third-order valence-corrected chi connectivity index (χ3v) is 5.68. The number of nitrogens with one attached hydrogen (secondary N) is 1. The van der Waals surface area contributed by atoms with Crippen LogP contribution in [0.5, 0.6) is 0 Å². The average molecular weight is 506 g/mol. The van der Waals surface area contributed by atoms with Crippen LogP contribution < -0.4 is 5.32 Å². The first-order chi connectivity index (χ1) is 14.8. The van der Waals surface area contributed by atoms with Gasteiger partial charge < -0.3 is 15.0 Å². The topological polar surface area (TPSA) is 89.4 Å². The van der Waals surface area contributed by atoms with Crippen LogP contribution in [0.15, 0.2) is 28.9 Å². The van der Waals surface area contributed by atoms with Crippen molar-refractivity contribution in [2.45, 2.75) is 71.6 Å². The minimum Gasteiger partial charge on any atom is -0.444 e. The molecule has 1 aromatic heterocycles. The fraction of sp³-hybridized carbons (Fsp3) is 0.565. The smallest absolute Gasteiger partial charge is 0.410 e. The van der Waals surface area contributed by atoms with Gasteiger partial charge in [-0.15, -0.1) is 5.10 Å². The molecule has 0 saturated heterocycles. The van der Waals surface area contributed by atoms with E-state index in [-0.39, 0.29) is 29.3 Å². The minimum atomic E-state index is -0.563. The lowest BCUT2D eigenvalue weighted by Crippen LogP contribution is -2.41. The Kier molecular flexibility index (Phi) is 6.97. The summed E-state index contributed by atoms with van der Waals surface area (Å²) in [6.07, 6.45) is 2.55. The van der Waals surface area contributed by atoms with Gasteiger partial charge in [-0.05, 0) is 77.6 Å². The number of hydrogen-bond donors (Lipinski definition) is 1. The van der Waals surface area contributed by atoms with Crippen LogP contribution in [-0.2, 0) is 16.7 Å². The lowest BCUT2D eigenvalue weighted by atomic mass is 9.94. The molecule has 1 atom stereocenters. The Bertz CT molecular complexity index is 990. The van der Waals surface area contributed by atoms with E-state index in [1.54, 1.807) is 15.8 Å². The van der Waals surface area contributed by atoms with Crippen molar-refractivity contribution in [2.75, 3.05) is 13.1 Å². The van der Waals surface area contributed by atoms with Gasteiger partial charge in [0.25, 0.3) is 5.91 Å². The molecule has 3 rings (SSSR count). The largest absolute Gasteiger partial charge is 0.444 e. The number of rotatable bonds is 2. The van der Waals surface area contributed by atoms with Gasteiger partial charge in [-0.2, -0.15) is 0 Å². The van der Waals surface area contributed by atoms with Gasteiger partial charge in [0.2, 0.25) is 0 Å². The summed E-state index contributed by atoms with van der Waals surface area (Å²) >= 11 is 3.53. The second kappa shape index (κ2) is 9.21. The Hall–Kier alpha value is -2.42. The van der Waals surface area contributed by atoms with Crippen molar-refractivity contribution in [3.05, 3.63) is 45.7 Å². The highest BCUT2D eigenvalue weighted by molar-refractivity contribution is 9.10. The molecular formula is C23H32BrN5O3. The first-order valence-electron chi connectivity index (χ1n) is 10.8. The van der Waals surface area contributed by atoms with Gasteiger partial charge in [-0.25, -0.2) is 9.48 Å². The molecule has 0 spiro atoms. The number of nitrogens with zero attached hydrogens (tertiary/aromatic N) is 4. The van der Waals surface area contributed by atoms with Crippen LogP contribution in [0, 0.1) is 0 Å². The molecule has 174 valence electrons. The zero-order valence-corrected chi connectivity index (χ0v) is 21.2. The first-order valence-corrected chi connectivity index (χ1v) is 11.6. The van der Waals surface area contributed by atoms with Crippen molar-refractivity contribution in [3.63, 3.8) is 0 Å². The van der Waals surface area contributed by atoms with E-state index >= 15 is 0 Å². The van der Waals surface area contributed by atoms with E-state index in [9.17, 15) is 9.59 Å². The lowest BCUT2D eigenvalue weighted by Gasteiger charge is -2.32. The monoisotopic (exact) mass is 505 g/mol. The summed E-state index contributed by atoms with van der Waals surface area (Å²) in [7, 11) is 0. The van der Waals surface area contributed by atoms with Crippen molar-refractivity contribution in [1.82, 2.24) is 25.2 Å². The zero-order chi connectivity index (χ0) is 23.7. The van der Waals surface area contributed by atoms with Crippen LogP contribution in [0.3, 0.4) is 0 Å². The normalized spacial score (nSPS) is 17.2. The van der Waals surface area contributed by atoms with Crippen LogP contribution in [-0.4, -0.2) is 50.6 Å². The quantitative estimate of drug-likeness (QED) is 0.650. The average Bonchev–Trinajstić information content (AvgIpc) is 3.15. The van der Waals surface area contributed by atoms with Crippen molar-refractivity contribution in [1.29, 1.82) is 0 Å². The number of aromatic nitrogens is 3. The van der Waals surface area contributed by atoms with Gasteiger partial charge in [0.1, 0.15) is 5.60 Å². The Morgan fingerprint density at radius 1 is 1.16 bits per heavy atom. The van der Waals surface area contributed by atoms with E-state index < -0.39 is 5.60 Å². The Morgan fingerprint density at radius 3 is 2.50 bits per heavy atom. The number of hydrogen-bond acceptors (Lipinski definition) is 5. The molecule has 0 aliphatic carbocycles. The summed E-state index contributed by atoms with van der Waals surface area (Å²) in [5.41, 5.74) is 1.57. The number of halogens is 1. The second-order valence-electron chi connectivity index (χ2n) is 10.1. The number of amides is 2. The standard InChI is InChI=1S/C23H32BrN5O3/c1-22(2,3)29-14-19(26-27-29)20(30)25-18-10-12-28(21(31)32-23(4,5)6)11-9-15-13-16(24)7-8-17(15)18/h7-8,13-14,18H,9-12H2,1-6H3,(H,25,30)/t18-/m1/s1. The third kappa shape index (κ3) is 6.09. The maximum absolute atomic E-state index is 13.0. The summed E-state index contributed by atoms with van der Waals surface area (Å²) in [5, 5.41) is 11.2. The number of ether oxygens (including phenoxy) is 1. The summed E-state index contributed by atoms with van der Waals surface area (Å²) in [6, 6.07) is 5.78. The molecule has 0 bridgehead atoms. The van der Waals surface area contributed by atoms with Crippen molar-refractivity contribution >= 4 is 27.9 Å². The summed E-state index contributed by atoms with van der Waals surface area (Å²) in [5.74, 6) is -0.288. The molecular weight excluding hydrogens is 474 g/mol. The van der Waals surface area contributed by atoms with E-state index in [1.807, 2.05) is 59.7 Å². The number of carbonyl (C=O) groups is 2. The van der Waals surface area contributed by atoms with Gasteiger partial charge in [-0.1, -0.05) is 27.2 Å². The van der Waals surface area contributed by atoms with Crippen LogP contribution in [0.4, 0.5) is 4.79 Å². The van der Waals surface area contributed by atoms with Crippen LogP contribution in [0.1, 0.15) is 75.6 Å². The Morgan fingerprint density at radius 2 is 1.88 bits per heavy atom. The molecule has 1 N–H and O–H groups in total. The molecule has 0 saturated carbocycles. The third-order valence-electron chi connectivity index (χ3n) is 5.19. The van der Waals surface area contributed by atoms with E-state index in [0.29, 0.717) is 25.9 Å². The molecule has 2 aromatic rings. The van der Waals surface area contributed by atoms with E-state index in [0.717, 1.165) is 15.6 Å². The molecule has 32 heavy (non-hydrogen) atoms. The highest BCUT2D eigenvalue weighted by Crippen LogP contribution is 2.28. The second-order valence-corrected chi connectivity index (χ2v) is 11.0. The fourth-order valence-electron chi connectivity index (χ4n) is 3.53. The van der Waals surface area contributed by atoms with Crippen molar-refractivity contribution < 1.29 is 14.3 Å². The fourth-order valence-corrected chi connectivity index (χ4v) is 3.93. The molecule has 1 aromatic carbocycles. The molecule has 1 aliphatic heterocycles. The SMILES string of the molecule is CC(C)(C)OC(=O)N1CCc2cc(Br)ccc2[C@H](NC(=O)c2cn(C(C)(C)C)nn2)CC1. The van der Waals surface area contributed by atoms with Gasteiger partial charge >= 0.3 is 6.09 Å². The van der Waals surface area contributed by atoms with Crippen molar-refractivity contribution in [3.8, 4) is 0 Å². The molecule has 9 heteroatoms. The Balaban J connectivity index is 1.83. The van der Waals surface area contributed by atoms with Gasteiger partial charge in [-0.3, -0.25) is 4.79 Å². The van der Waals surface area contributed by atoms with E-state index in [1.165, 1.54) is 0 Å². The molecule has 0 unspecified atom stereocenters. The Labute approximate surface area is 197 Å². The predicted octanol–water partition coefficient (Wildman–Crippen LogP) is 4.45.